The molecule has 0 aliphatic carbocycles. The second kappa shape index (κ2) is 7.21. The Morgan fingerprint density at radius 3 is 2.80 bits per heavy atom. The standard InChI is InChI=1S/C21H24N4/c22-13-16-7-4-8-18-19(10-12-24-21(16)18)25-20-14-23-11-9-17(20)15-5-2-1-3-6-15/h1-8,10,12,17,20,23H,9,11,13-14,22H2,(H,24,25). The van der Waals surface area contributed by atoms with Gasteiger partial charge in [-0.1, -0.05) is 48.5 Å². The topological polar surface area (TPSA) is 63.0 Å². The van der Waals surface area contributed by atoms with Gasteiger partial charge in [-0.05, 0) is 30.2 Å². The second-order valence-electron chi connectivity index (χ2n) is 6.64. The van der Waals surface area contributed by atoms with E-state index in [1.54, 1.807) is 0 Å². The van der Waals surface area contributed by atoms with Crippen molar-refractivity contribution in [3.63, 3.8) is 0 Å². The normalized spacial score (nSPS) is 20.5. The van der Waals surface area contributed by atoms with Crippen molar-refractivity contribution in [3.8, 4) is 0 Å². The van der Waals surface area contributed by atoms with Crippen molar-refractivity contribution >= 4 is 16.6 Å². The molecule has 0 radical (unpaired) electrons. The molecule has 1 fully saturated rings. The molecular weight excluding hydrogens is 308 g/mol. The van der Waals surface area contributed by atoms with E-state index in [0.717, 1.165) is 41.7 Å². The molecule has 1 aliphatic rings. The maximum absolute atomic E-state index is 5.88. The van der Waals surface area contributed by atoms with Gasteiger partial charge in [0, 0.05) is 42.3 Å². The summed E-state index contributed by atoms with van der Waals surface area (Å²) in [5.74, 6) is 0.503. The first-order valence-corrected chi connectivity index (χ1v) is 8.95. The maximum atomic E-state index is 5.88. The summed E-state index contributed by atoms with van der Waals surface area (Å²) in [6.07, 6.45) is 3.01. The fourth-order valence-corrected chi connectivity index (χ4v) is 3.84. The summed E-state index contributed by atoms with van der Waals surface area (Å²) in [4.78, 5) is 4.55. The van der Waals surface area contributed by atoms with Crippen LogP contribution in [0.25, 0.3) is 10.9 Å². The molecule has 4 N–H and O–H groups in total. The highest BCUT2D eigenvalue weighted by atomic mass is 15.0. The number of fused-ring (bicyclic) bond motifs is 1. The number of hydrogen-bond donors (Lipinski definition) is 3. The molecule has 4 nitrogen and oxygen atoms in total. The van der Waals surface area contributed by atoms with E-state index in [4.69, 9.17) is 5.73 Å². The number of aromatic nitrogens is 1. The molecule has 2 atom stereocenters. The molecule has 4 rings (SSSR count). The predicted octanol–water partition coefficient (Wildman–Crippen LogP) is 3.25. The molecule has 25 heavy (non-hydrogen) atoms. The largest absolute Gasteiger partial charge is 0.380 e. The summed E-state index contributed by atoms with van der Waals surface area (Å²) in [5.41, 5.74) is 10.5. The van der Waals surface area contributed by atoms with Crippen LogP contribution < -0.4 is 16.4 Å². The second-order valence-corrected chi connectivity index (χ2v) is 6.64. The lowest BCUT2D eigenvalue weighted by Gasteiger charge is -2.34. The third kappa shape index (κ3) is 3.23. The van der Waals surface area contributed by atoms with Crippen LogP contribution in [0, 0.1) is 0 Å². The SMILES string of the molecule is NCc1cccc2c(NC3CNCCC3c3ccccc3)ccnc12. The number of pyridine rings is 1. The van der Waals surface area contributed by atoms with Gasteiger partial charge in [-0.3, -0.25) is 4.98 Å². The van der Waals surface area contributed by atoms with Crippen LogP contribution in [0.1, 0.15) is 23.5 Å². The van der Waals surface area contributed by atoms with Crippen molar-refractivity contribution in [3.05, 3.63) is 71.9 Å². The Hall–Kier alpha value is -2.43. The zero-order valence-electron chi connectivity index (χ0n) is 14.3. The molecule has 0 saturated carbocycles. The fourth-order valence-electron chi connectivity index (χ4n) is 3.84. The average Bonchev–Trinajstić information content (AvgIpc) is 2.69. The van der Waals surface area contributed by atoms with Crippen LogP contribution in [0.4, 0.5) is 5.69 Å². The smallest absolute Gasteiger partial charge is 0.0767 e. The van der Waals surface area contributed by atoms with Gasteiger partial charge >= 0.3 is 0 Å². The van der Waals surface area contributed by atoms with E-state index in [1.165, 1.54) is 5.56 Å². The highest BCUT2D eigenvalue weighted by molar-refractivity contribution is 5.93. The Morgan fingerprint density at radius 2 is 1.96 bits per heavy atom. The van der Waals surface area contributed by atoms with Gasteiger partial charge in [0.25, 0.3) is 0 Å². The lowest BCUT2D eigenvalue weighted by molar-refractivity contribution is 0.423. The van der Waals surface area contributed by atoms with Gasteiger partial charge in [-0.2, -0.15) is 0 Å². The van der Waals surface area contributed by atoms with Gasteiger partial charge in [-0.25, -0.2) is 0 Å². The number of anilines is 1. The monoisotopic (exact) mass is 332 g/mol. The highest BCUT2D eigenvalue weighted by Gasteiger charge is 2.26. The molecule has 1 aliphatic heterocycles. The first-order valence-electron chi connectivity index (χ1n) is 8.95. The number of para-hydroxylation sites is 1. The minimum atomic E-state index is 0.350. The van der Waals surface area contributed by atoms with Crippen LogP contribution in [0.2, 0.25) is 0 Å². The van der Waals surface area contributed by atoms with Crippen LogP contribution in [0.5, 0.6) is 0 Å². The number of nitrogens with two attached hydrogens (primary N) is 1. The number of rotatable bonds is 4. The van der Waals surface area contributed by atoms with Crippen LogP contribution in [0.15, 0.2) is 60.8 Å². The Bertz CT molecular complexity index is 847. The third-order valence-electron chi connectivity index (χ3n) is 5.13. The molecule has 2 heterocycles. The summed E-state index contributed by atoms with van der Waals surface area (Å²) in [6.45, 7) is 2.53. The van der Waals surface area contributed by atoms with Gasteiger partial charge in [0.1, 0.15) is 0 Å². The van der Waals surface area contributed by atoms with Gasteiger partial charge < -0.3 is 16.4 Å². The van der Waals surface area contributed by atoms with Crippen LogP contribution >= 0.6 is 0 Å². The van der Waals surface area contributed by atoms with Crippen LogP contribution in [-0.2, 0) is 6.54 Å². The number of nitrogens with one attached hydrogen (secondary N) is 2. The van der Waals surface area contributed by atoms with E-state index >= 15 is 0 Å². The molecule has 2 aromatic carbocycles. The molecule has 0 bridgehead atoms. The van der Waals surface area contributed by atoms with Crippen molar-refractivity contribution in [2.45, 2.75) is 24.9 Å². The summed E-state index contributed by atoms with van der Waals surface area (Å²) in [7, 11) is 0. The zero-order valence-corrected chi connectivity index (χ0v) is 14.3. The molecule has 3 aromatic rings. The summed E-state index contributed by atoms with van der Waals surface area (Å²) in [6, 6.07) is 19.5. The van der Waals surface area contributed by atoms with E-state index in [0.29, 0.717) is 18.5 Å². The van der Waals surface area contributed by atoms with Crippen molar-refractivity contribution < 1.29 is 0 Å². The lowest BCUT2D eigenvalue weighted by Crippen LogP contribution is -2.44. The Balaban J connectivity index is 1.67. The Morgan fingerprint density at radius 1 is 1.08 bits per heavy atom. The first kappa shape index (κ1) is 16.1. The minimum Gasteiger partial charge on any atom is -0.380 e. The van der Waals surface area contributed by atoms with Gasteiger partial charge in [0.15, 0.2) is 0 Å². The summed E-state index contributed by atoms with van der Waals surface area (Å²) >= 11 is 0. The first-order chi connectivity index (χ1) is 12.4. The lowest BCUT2D eigenvalue weighted by atomic mass is 9.86. The highest BCUT2D eigenvalue weighted by Crippen LogP contribution is 2.30. The van der Waals surface area contributed by atoms with Crippen molar-refractivity contribution in [1.82, 2.24) is 10.3 Å². The zero-order chi connectivity index (χ0) is 17.1. The van der Waals surface area contributed by atoms with Crippen molar-refractivity contribution in [2.75, 3.05) is 18.4 Å². The predicted molar refractivity (Wildman–Crippen MR) is 104 cm³/mol. The van der Waals surface area contributed by atoms with Crippen LogP contribution in [-0.4, -0.2) is 24.1 Å². The molecule has 0 amide bonds. The number of hydrogen-bond acceptors (Lipinski definition) is 4. The van der Waals surface area contributed by atoms with Crippen molar-refractivity contribution in [2.24, 2.45) is 5.73 Å². The summed E-state index contributed by atoms with van der Waals surface area (Å²) < 4.78 is 0. The molecule has 128 valence electrons. The van der Waals surface area contributed by atoms with E-state index < -0.39 is 0 Å². The summed E-state index contributed by atoms with van der Waals surface area (Å²) in [5, 5.41) is 8.45. The molecule has 1 saturated heterocycles. The van der Waals surface area contributed by atoms with Gasteiger partial charge in [0.2, 0.25) is 0 Å². The molecule has 4 heteroatoms. The van der Waals surface area contributed by atoms with Crippen LogP contribution in [0.3, 0.4) is 0 Å². The Labute approximate surface area is 148 Å². The molecule has 1 aromatic heterocycles. The number of benzene rings is 2. The van der Waals surface area contributed by atoms with E-state index in [2.05, 4.69) is 64.1 Å². The van der Waals surface area contributed by atoms with E-state index in [1.807, 2.05) is 12.3 Å². The quantitative estimate of drug-likeness (QED) is 0.686. The minimum absolute atomic E-state index is 0.350. The number of nitrogens with zero attached hydrogens (tertiary/aromatic N) is 1. The maximum Gasteiger partial charge on any atom is 0.0767 e. The fraction of sp³-hybridized carbons (Fsp3) is 0.286. The molecule has 2 unspecified atom stereocenters. The van der Waals surface area contributed by atoms with Crippen molar-refractivity contribution in [1.29, 1.82) is 0 Å². The number of piperidine rings is 1. The Kier molecular flexibility index (Phi) is 4.63. The van der Waals surface area contributed by atoms with E-state index in [9.17, 15) is 0 Å². The third-order valence-corrected chi connectivity index (χ3v) is 5.13. The van der Waals surface area contributed by atoms with Gasteiger partial charge in [-0.15, -0.1) is 0 Å². The van der Waals surface area contributed by atoms with Gasteiger partial charge in [0.05, 0.1) is 5.52 Å². The molecular formula is C21H24N4. The van der Waals surface area contributed by atoms with E-state index in [-0.39, 0.29) is 0 Å². The molecule has 0 spiro atoms. The average molecular weight is 332 g/mol.